The van der Waals surface area contributed by atoms with Crippen LogP contribution in [0.15, 0.2) is 121 Å². The number of anilines is 1. The maximum atomic E-state index is 14.8. The van der Waals surface area contributed by atoms with E-state index in [0.717, 1.165) is 73.6 Å². The lowest BCUT2D eigenvalue weighted by Crippen LogP contribution is -2.55. The molecule has 0 bridgehead atoms. The highest BCUT2D eigenvalue weighted by atomic mass is 16.2. The van der Waals surface area contributed by atoms with E-state index in [-0.39, 0.29) is 11.9 Å². The molecule has 4 aromatic carbocycles. The summed E-state index contributed by atoms with van der Waals surface area (Å²) in [5, 5.41) is 0. The first-order valence-electron chi connectivity index (χ1n) is 16.7. The van der Waals surface area contributed by atoms with E-state index in [9.17, 15) is 4.79 Å². The van der Waals surface area contributed by atoms with Gasteiger partial charge in [-0.1, -0.05) is 110 Å². The Balaban J connectivity index is 1.37. The average Bonchev–Trinajstić information content (AvgIpc) is 3.45. The third-order valence-corrected chi connectivity index (χ3v) is 9.23. The number of hydrogen-bond donors (Lipinski definition) is 0. The molecule has 1 amide bonds. The van der Waals surface area contributed by atoms with Gasteiger partial charge in [0.25, 0.3) is 5.91 Å². The highest BCUT2D eigenvalue weighted by molar-refractivity contribution is 6.01. The second kappa shape index (κ2) is 14.7. The van der Waals surface area contributed by atoms with Gasteiger partial charge in [0.1, 0.15) is 0 Å². The number of rotatable bonds is 11. The molecule has 0 aliphatic carbocycles. The molecule has 236 valence electrons. The average molecular weight is 611 g/mol. The molecule has 0 unspecified atom stereocenters. The number of carbonyl (C=O) groups excluding carboxylic acids is 1. The van der Waals surface area contributed by atoms with Crippen molar-refractivity contribution in [1.82, 2.24) is 14.4 Å². The summed E-state index contributed by atoms with van der Waals surface area (Å²) in [6, 6.07) is 42.6. The van der Waals surface area contributed by atoms with Gasteiger partial charge in [0.15, 0.2) is 0 Å². The molecule has 0 radical (unpaired) electrons. The normalized spacial score (nSPS) is 15.2. The van der Waals surface area contributed by atoms with Gasteiger partial charge in [0, 0.05) is 62.9 Å². The molecule has 1 aliphatic heterocycles. The number of nitrogens with zero attached hydrogens (tertiary/aromatic N) is 4. The second-order valence-corrected chi connectivity index (χ2v) is 12.6. The number of aromatic nitrogens is 1. The van der Waals surface area contributed by atoms with Crippen molar-refractivity contribution < 1.29 is 4.79 Å². The molecule has 1 fully saturated rings. The van der Waals surface area contributed by atoms with Crippen molar-refractivity contribution in [2.45, 2.75) is 45.7 Å². The van der Waals surface area contributed by atoms with Crippen LogP contribution in [0.2, 0.25) is 0 Å². The zero-order valence-electron chi connectivity index (χ0n) is 27.5. The van der Waals surface area contributed by atoms with Crippen molar-refractivity contribution in [2.24, 2.45) is 0 Å². The first-order valence-corrected chi connectivity index (χ1v) is 16.7. The van der Waals surface area contributed by atoms with E-state index in [0.29, 0.717) is 6.54 Å². The molecule has 46 heavy (non-hydrogen) atoms. The van der Waals surface area contributed by atoms with Crippen LogP contribution in [0, 0.1) is 6.92 Å². The third-order valence-electron chi connectivity index (χ3n) is 9.23. The Kier molecular flexibility index (Phi) is 10.00. The molecule has 2 heterocycles. The Labute approximate surface area is 274 Å². The van der Waals surface area contributed by atoms with E-state index in [1.54, 1.807) is 0 Å². The monoisotopic (exact) mass is 610 g/mol. The van der Waals surface area contributed by atoms with E-state index in [1.807, 2.05) is 6.07 Å². The molecule has 0 saturated carbocycles. The summed E-state index contributed by atoms with van der Waals surface area (Å²) in [4.78, 5) is 21.8. The fraction of sp³-hybridized carbons (Fsp3) is 0.293. The lowest BCUT2D eigenvalue weighted by molar-refractivity contribution is 0.0439. The van der Waals surface area contributed by atoms with Crippen LogP contribution in [0.25, 0.3) is 16.9 Å². The summed E-state index contributed by atoms with van der Waals surface area (Å²) >= 11 is 0. The first-order chi connectivity index (χ1) is 22.5. The van der Waals surface area contributed by atoms with Crippen molar-refractivity contribution in [3.63, 3.8) is 0 Å². The van der Waals surface area contributed by atoms with Crippen LogP contribution in [0.1, 0.15) is 46.9 Å². The van der Waals surface area contributed by atoms with Crippen LogP contribution >= 0.6 is 0 Å². The minimum Gasteiger partial charge on any atom is -0.375 e. The second-order valence-electron chi connectivity index (χ2n) is 12.6. The van der Waals surface area contributed by atoms with Crippen LogP contribution in [0.4, 0.5) is 5.69 Å². The number of carbonyl (C=O) groups is 1. The minimum atomic E-state index is 0.0650. The number of benzene rings is 4. The number of amides is 1. The summed E-state index contributed by atoms with van der Waals surface area (Å²) in [5.41, 5.74) is 8.65. The Morgan fingerprint density at radius 1 is 0.804 bits per heavy atom. The predicted octanol–water partition coefficient (Wildman–Crippen LogP) is 8.26. The number of unbranched alkanes of at least 4 members (excludes halogenated alkanes) is 1. The molecule has 1 atom stereocenters. The van der Waals surface area contributed by atoms with Gasteiger partial charge in [-0.25, -0.2) is 0 Å². The molecule has 5 aromatic rings. The zero-order chi connectivity index (χ0) is 31.9. The highest BCUT2D eigenvalue weighted by Gasteiger charge is 2.34. The number of aryl methyl sites for hydroxylation is 1. The van der Waals surface area contributed by atoms with E-state index in [1.165, 1.54) is 16.8 Å². The van der Waals surface area contributed by atoms with Crippen molar-refractivity contribution in [3.05, 3.63) is 144 Å². The van der Waals surface area contributed by atoms with Crippen LogP contribution < -0.4 is 4.90 Å². The molecule has 5 heteroatoms. The highest BCUT2D eigenvalue weighted by Crippen LogP contribution is 2.34. The quantitative estimate of drug-likeness (QED) is 0.151. The van der Waals surface area contributed by atoms with Gasteiger partial charge >= 0.3 is 0 Å². The third kappa shape index (κ3) is 7.11. The van der Waals surface area contributed by atoms with Crippen molar-refractivity contribution >= 4 is 11.6 Å². The van der Waals surface area contributed by atoms with Gasteiger partial charge in [-0.2, -0.15) is 0 Å². The maximum absolute atomic E-state index is 14.8. The maximum Gasteiger partial charge on any atom is 0.256 e. The molecule has 0 N–H and O–H groups in total. The molecule has 1 aliphatic rings. The van der Waals surface area contributed by atoms with E-state index in [4.69, 9.17) is 0 Å². The van der Waals surface area contributed by atoms with Gasteiger partial charge < -0.3 is 14.4 Å². The van der Waals surface area contributed by atoms with Crippen LogP contribution in [0.5, 0.6) is 0 Å². The molecular formula is C41H46N4O. The van der Waals surface area contributed by atoms with Gasteiger partial charge in [-0.05, 0) is 60.7 Å². The predicted molar refractivity (Wildman–Crippen MR) is 191 cm³/mol. The molecule has 0 spiro atoms. The Bertz CT molecular complexity index is 1710. The lowest BCUT2D eigenvalue weighted by atomic mass is 9.99. The number of hydrogen-bond acceptors (Lipinski definition) is 3. The van der Waals surface area contributed by atoms with Gasteiger partial charge in [0.2, 0.25) is 0 Å². The topological polar surface area (TPSA) is 31.7 Å². The van der Waals surface area contributed by atoms with E-state index >= 15 is 0 Å². The smallest absolute Gasteiger partial charge is 0.256 e. The van der Waals surface area contributed by atoms with Crippen molar-refractivity contribution in [2.75, 3.05) is 38.1 Å². The zero-order valence-corrected chi connectivity index (χ0v) is 27.5. The SMILES string of the molecule is CCCCN(C)c1cccc(-n2c(C)cc(C(=O)N3CCN(Cc4ccccc4)C[C@H]3Cc3ccccc3)c2-c2ccccc2)c1. The summed E-state index contributed by atoms with van der Waals surface area (Å²) in [6.07, 6.45) is 3.14. The van der Waals surface area contributed by atoms with E-state index in [2.05, 4.69) is 155 Å². The summed E-state index contributed by atoms with van der Waals surface area (Å²) in [7, 11) is 2.16. The molecule has 5 nitrogen and oxygen atoms in total. The van der Waals surface area contributed by atoms with Crippen LogP contribution in [-0.2, 0) is 13.0 Å². The Morgan fingerprint density at radius 2 is 1.48 bits per heavy atom. The molecule has 6 rings (SSSR count). The molecular weight excluding hydrogens is 564 g/mol. The van der Waals surface area contributed by atoms with Gasteiger partial charge in [-0.15, -0.1) is 0 Å². The molecule has 1 saturated heterocycles. The summed E-state index contributed by atoms with van der Waals surface area (Å²) < 4.78 is 2.28. The standard InChI is InChI=1S/C41H46N4O/c1-4-5-24-42(3)36-22-15-23-37(29-36)45-32(2)27-39(40(45)35-20-13-8-14-21-35)41(46)44-26-25-43(30-34-18-11-7-12-19-34)31-38(44)28-33-16-9-6-10-17-33/h6-23,27,29,38H,4-5,24-26,28,30-31H2,1-3H3/t38-/m1/s1. The van der Waals surface area contributed by atoms with Crippen LogP contribution in [0.3, 0.4) is 0 Å². The largest absolute Gasteiger partial charge is 0.375 e. The molecule has 1 aromatic heterocycles. The fourth-order valence-corrected chi connectivity index (χ4v) is 6.80. The van der Waals surface area contributed by atoms with Gasteiger partial charge in [0.05, 0.1) is 11.3 Å². The van der Waals surface area contributed by atoms with Crippen LogP contribution in [-0.4, -0.2) is 59.5 Å². The lowest BCUT2D eigenvalue weighted by Gasteiger charge is -2.42. The minimum absolute atomic E-state index is 0.0650. The van der Waals surface area contributed by atoms with Crippen molar-refractivity contribution in [3.8, 4) is 16.9 Å². The fourth-order valence-electron chi connectivity index (χ4n) is 6.80. The summed E-state index contributed by atoms with van der Waals surface area (Å²) in [6.45, 7) is 8.63. The van der Waals surface area contributed by atoms with Crippen molar-refractivity contribution in [1.29, 1.82) is 0 Å². The van der Waals surface area contributed by atoms with E-state index < -0.39 is 0 Å². The Morgan fingerprint density at radius 3 is 2.17 bits per heavy atom. The first kappa shape index (κ1) is 31.4. The Hall–Kier alpha value is -4.61. The van der Waals surface area contributed by atoms with Gasteiger partial charge in [-0.3, -0.25) is 9.69 Å². The number of piperazine rings is 1. The summed E-state index contributed by atoms with van der Waals surface area (Å²) in [5.74, 6) is 0.109.